The summed E-state index contributed by atoms with van der Waals surface area (Å²) in [6.45, 7) is 1.33. The number of aromatic hydroxyl groups is 1. The SMILES string of the molecule is COc1ccc([N+](=O)[O-])cc1NC(=O)C(C)OC(=O)c1cc(Br)ccc1O. The molecule has 1 unspecified atom stereocenters. The summed E-state index contributed by atoms with van der Waals surface area (Å²) in [5, 5.41) is 23.1. The van der Waals surface area contributed by atoms with Crippen molar-refractivity contribution in [1.29, 1.82) is 0 Å². The molecule has 0 bridgehead atoms. The predicted octanol–water partition coefficient (Wildman–Crippen LogP) is 3.26. The number of nitrogens with zero attached hydrogens (tertiary/aromatic N) is 1. The van der Waals surface area contributed by atoms with Crippen molar-refractivity contribution in [1.82, 2.24) is 0 Å². The first-order valence-electron chi connectivity index (χ1n) is 7.55. The van der Waals surface area contributed by atoms with Gasteiger partial charge in [-0.1, -0.05) is 15.9 Å². The van der Waals surface area contributed by atoms with Crippen LogP contribution in [0.5, 0.6) is 11.5 Å². The summed E-state index contributed by atoms with van der Waals surface area (Å²) >= 11 is 3.17. The fourth-order valence-electron chi connectivity index (χ4n) is 2.09. The molecule has 1 atom stereocenters. The van der Waals surface area contributed by atoms with Crippen LogP contribution < -0.4 is 10.1 Å². The van der Waals surface area contributed by atoms with Crippen molar-refractivity contribution in [2.24, 2.45) is 0 Å². The molecule has 9 nitrogen and oxygen atoms in total. The zero-order valence-electron chi connectivity index (χ0n) is 14.3. The quantitative estimate of drug-likeness (QED) is 0.402. The van der Waals surface area contributed by atoms with Crippen molar-refractivity contribution in [3.63, 3.8) is 0 Å². The Morgan fingerprint density at radius 1 is 1.26 bits per heavy atom. The summed E-state index contributed by atoms with van der Waals surface area (Å²) in [7, 11) is 1.34. The van der Waals surface area contributed by atoms with Gasteiger partial charge in [-0.3, -0.25) is 14.9 Å². The molecule has 0 aliphatic heterocycles. The standard InChI is InChI=1S/C17H15BrN2O7/c1-9(27-17(23)12-7-10(18)3-5-14(12)21)16(22)19-13-8-11(20(24)25)4-6-15(13)26-2/h3-9,21H,1-2H3,(H,19,22). The van der Waals surface area contributed by atoms with Gasteiger partial charge >= 0.3 is 5.97 Å². The molecule has 0 fully saturated rings. The fraction of sp³-hybridized carbons (Fsp3) is 0.176. The number of nitro benzene ring substituents is 1. The number of hydrogen-bond acceptors (Lipinski definition) is 7. The summed E-state index contributed by atoms with van der Waals surface area (Å²) in [6, 6.07) is 7.89. The Bertz CT molecular complexity index is 901. The van der Waals surface area contributed by atoms with Gasteiger partial charge in [0.1, 0.15) is 17.1 Å². The number of benzene rings is 2. The molecule has 2 rings (SSSR count). The van der Waals surface area contributed by atoms with E-state index in [0.29, 0.717) is 4.47 Å². The average Bonchev–Trinajstić information content (AvgIpc) is 2.63. The summed E-state index contributed by atoms with van der Waals surface area (Å²) in [4.78, 5) is 34.7. The van der Waals surface area contributed by atoms with Crippen LogP contribution in [0.3, 0.4) is 0 Å². The largest absolute Gasteiger partial charge is 0.507 e. The second-order valence-electron chi connectivity index (χ2n) is 5.34. The number of ether oxygens (including phenoxy) is 2. The number of halogens is 1. The zero-order chi connectivity index (χ0) is 20.1. The minimum Gasteiger partial charge on any atom is -0.507 e. The third kappa shape index (κ3) is 4.94. The van der Waals surface area contributed by atoms with Gasteiger partial charge in [0.2, 0.25) is 0 Å². The van der Waals surface area contributed by atoms with Crippen LogP contribution in [0.1, 0.15) is 17.3 Å². The second kappa shape index (κ2) is 8.49. The van der Waals surface area contributed by atoms with E-state index >= 15 is 0 Å². The van der Waals surface area contributed by atoms with Crippen LogP contribution in [0.25, 0.3) is 0 Å². The van der Waals surface area contributed by atoms with E-state index in [4.69, 9.17) is 9.47 Å². The monoisotopic (exact) mass is 438 g/mol. The number of hydrogen-bond donors (Lipinski definition) is 2. The normalized spacial score (nSPS) is 11.4. The van der Waals surface area contributed by atoms with Gasteiger partial charge in [-0.25, -0.2) is 4.79 Å². The van der Waals surface area contributed by atoms with E-state index in [0.717, 1.165) is 6.07 Å². The first kappa shape index (κ1) is 20.2. The third-order valence-electron chi connectivity index (χ3n) is 3.48. The van der Waals surface area contributed by atoms with E-state index < -0.39 is 22.9 Å². The number of phenols is 1. The minimum atomic E-state index is -1.24. The number of carbonyl (C=O) groups excluding carboxylic acids is 2. The Labute approximate surface area is 162 Å². The Morgan fingerprint density at radius 2 is 1.96 bits per heavy atom. The Morgan fingerprint density at radius 3 is 2.59 bits per heavy atom. The molecule has 2 aromatic carbocycles. The molecular weight excluding hydrogens is 424 g/mol. The fourth-order valence-corrected chi connectivity index (χ4v) is 2.45. The number of nitrogens with one attached hydrogen (secondary N) is 1. The van der Waals surface area contributed by atoms with Gasteiger partial charge in [0.05, 0.1) is 17.7 Å². The van der Waals surface area contributed by atoms with Gasteiger partial charge in [-0.2, -0.15) is 0 Å². The van der Waals surface area contributed by atoms with Crippen molar-refractivity contribution in [3.05, 3.63) is 56.5 Å². The van der Waals surface area contributed by atoms with E-state index in [9.17, 15) is 24.8 Å². The van der Waals surface area contributed by atoms with Crippen molar-refractivity contribution >= 4 is 39.2 Å². The summed E-state index contributed by atoms with van der Waals surface area (Å²) in [5.74, 6) is -1.72. The molecule has 0 saturated carbocycles. The van der Waals surface area contributed by atoms with Gasteiger partial charge in [0.25, 0.3) is 11.6 Å². The zero-order valence-corrected chi connectivity index (χ0v) is 15.8. The number of methoxy groups -OCH3 is 1. The number of non-ortho nitro benzene ring substituents is 1. The number of esters is 1. The molecule has 0 aliphatic rings. The van der Waals surface area contributed by atoms with E-state index in [2.05, 4.69) is 21.2 Å². The first-order chi connectivity index (χ1) is 12.7. The molecular formula is C17H15BrN2O7. The van der Waals surface area contributed by atoms with Crippen LogP contribution in [0, 0.1) is 10.1 Å². The van der Waals surface area contributed by atoms with Crippen LogP contribution >= 0.6 is 15.9 Å². The second-order valence-corrected chi connectivity index (χ2v) is 6.26. The minimum absolute atomic E-state index is 0.0601. The van der Waals surface area contributed by atoms with Crippen LogP contribution in [0.4, 0.5) is 11.4 Å². The lowest BCUT2D eigenvalue weighted by atomic mass is 10.2. The van der Waals surface area contributed by atoms with Gasteiger partial charge < -0.3 is 19.9 Å². The first-order valence-corrected chi connectivity index (χ1v) is 8.35. The lowest BCUT2D eigenvalue weighted by molar-refractivity contribution is -0.384. The molecule has 10 heteroatoms. The molecule has 0 spiro atoms. The van der Waals surface area contributed by atoms with Crippen molar-refractivity contribution in [2.45, 2.75) is 13.0 Å². The molecule has 142 valence electrons. The molecule has 27 heavy (non-hydrogen) atoms. The maximum absolute atomic E-state index is 12.3. The summed E-state index contributed by atoms with van der Waals surface area (Å²) in [5.41, 5.74) is -0.295. The smallest absolute Gasteiger partial charge is 0.342 e. The van der Waals surface area contributed by atoms with Gasteiger partial charge in [-0.05, 0) is 31.2 Å². The molecule has 1 amide bonds. The maximum atomic E-state index is 12.3. The number of amides is 1. The molecule has 0 aromatic heterocycles. The van der Waals surface area contributed by atoms with Crippen LogP contribution in [0.15, 0.2) is 40.9 Å². The van der Waals surface area contributed by atoms with Gasteiger partial charge in [0, 0.05) is 16.6 Å². The molecule has 0 saturated heterocycles. The molecule has 2 aromatic rings. The summed E-state index contributed by atoms with van der Waals surface area (Å²) in [6.07, 6.45) is -1.24. The van der Waals surface area contributed by atoms with Crippen LogP contribution in [-0.4, -0.2) is 35.1 Å². The lowest BCUT2D eigenvalue weighted by Crippen LogP contribution is -2.30. The average molecular weight is 439 g/mol. The molecule has 0 heterocycles. The number of carbonyl (C=O) groups is 2. The van der Waals surface area contributed by atoms with E-state index in [1.807, 2.05) is 0 Å². The number of nitro groups is 1. The number of anilines is 1. The highest BCUT2D eigenvalue weighted by Crippen LogP contribution is 2.29. The van der Waals surface area contributed by atoms with Crippen LogP contribution in [-0.2, 0) is 9.53 Å². The number of phenolic OH excluding ortho intramolecular Hbond substituents is 1. The molecule has 0 radical (unpaired) electrons. The Kier molecular flexibility index (Phi) is 6.35. The van der Waals surface area contributed by atoms with E-state index in [1.165, 1.54) is 44.4 Å². The third-order valence-corrected chi connectivity index (χ3v) is 3.98. The molecule has 0 aliphatic carbocycles. The lowest BCUT2D eigenvalue weighted by Gasteiger charge is -2.15. The highest BCUT2D eigenvalue weighted by Gasteiger charge is 2.23. The van der Waals surface area contributed by atoms with E-state index in [1.54, 1.807) is 0 Å². The van der Waals surface area contributed by atoms with Crippen molar-refractivity contribution in [2.75, 3.05) is 12.4 Å². The van der Waals surface area contributed by atoms with Gasteiger partial charge in [0.15, 0.2) is 6.10 Å². The predicted molar refractivity (Wildman–Crippen MR) is 99.0 cm³/mol. The molecule has 2 N–H and O–H groups in total. The summed E-state index contributed by atoms with van der Waals surface area (Å²) < 4.78 is 10.7. The van der Waals surface area contributed by atoms with Gasteiger partial charge in [-0.15, -0.1) is 0 Å². The number of rotatable bonds is 6. The highest BCUT2D eigenvalue weighted by atomic mass is 79.9. The van der Waals surface area contributed by atoms with Crippen molar-refractivity contribution < 1.29 is 29.1 Å². The Hall–Kier alpha value is -3.14. The van der Waals surface area contributed by atoms with Crippen molar-refractivity contribution in [3.8, 4) is 11.5 Å². The maximum Gasteiger partial charge on any atom is 0.342 e. The topological polar surface area (TPSA) is 128 Å². The highest BCUT2D eigenvalue weighted by molar-refractivity contribution is 9.10. The van der Waals surface area contributed by atoms with Crippen LogP contribution in [0.2, 0.25) is 0 Å². The Balaban J connectivity index is 2.14. The van der Waals surface area contributed by atoms with E-state index in [-0.39, 0.29) is 28.4 Å².